The summed E-state index contributed by atoms with van der Waals surface area (Å²) in [7, 11) is 3.12. The van der Waals surface area contributed by atoms with E-state index in [1.54, 1.807) is 56.9 Å². The molecule has 0 bridgehead atoms. The molecule has 2 heterocycles. The quantitative estimate of drug-likeness (QED) is 0.520. The number of furan rings is 1. The van der Waals surface area contributed by atoms with E-state index in [0.717, 1.165) is 5.39 Å². The van der Waals surface area contributed by atoms with Crippen molar-refractivity contribution in [3.05, 3.63) is 83.8 Å². The predicted octanol–water partition coefficient (Wildman–Crippen LogP) is 4.21. The van der Waals surface area contributed by atoms with Crippen LogP contribution in [0.1, 0.15) is 16.1 Å². The molecule has 4 rings (SSSR count). The molecule has 0 aliphatic rings. The predicted molar refractivity (Wildman–Crippen MR) is 111 cm³/mol. The monoisotopic (exact) mass is 404 g/mol. The highest BCUT2D eigenvalue weighted by Gasteiger charge is 2.14. The van der Waals surface area contributed by atoms with Gasteiger partial charge in [0.05, 0.1) is 27.0 Å². The van der Waals surface area contributed by atoms with Crippen LogP contribution in [0.5, 0.6) is 11.5 Å². The lowest BCUT2D eigenvalue weighted by Crippen LogP contribution is -2.28. The summed E-state index contributed by atoms with van der Waals surface area (Å²) < 4.78 is 21.9. The van der Waals surface area contributed by atoms with Gasteiger partial charge in [0.1, 0.15) is 34.1 Å². The van der Waals surface area contributed by atoms with Crippen molar-refractivity contribution in [2.24, 2.45) is 4.99 Å². The molecule has 0 atom stereocenters. The van der Waals surface area contributed by atoms with E-state index in [-0.39, 0.29) is 18.0 Å². The smallest absolute Gasteiger partial charge is 0.257 e. The molecule has 1 N–H and O–H groups in total. The molecule has 0 spiro atoms. The van der Waals surface area contributed by atoms with Gasteiger partial charge in [-0.3, -0.25) is 4.79 Å². The molecule has 0 saturated carbocycles. The summed E-state index contributed by atoms with van der Waals surface area (Å²) in [6.45, 7) is 0.254. The second kappa shape index (κ2) is 8.57. The van der Waals surface area contributed by atoms with Crippen molar-refractivity contribution in [3.63, 3.8) is 0 Å². The van der Waals surface area contributed by atoms with Crippen LogP contribution in [-0.2, 0) is 6.54 Å². The summed E-state index contributed by atoms with van der Waals surface area (Å²) in [6, 6.07) is 18.0. The fourth-order valence-corrected chi connectivity index (χ4v) is 2.98. The molecule has 0 aliphatic heterocycles. The van der Waals surface area contributed by atoms with Crippen LogP contribution >= 0.6 is 0 Å². The third kappa shape index (κ3) is 4.05. The topological polar surface area (TPSA) is 86.2 Å². The minimum atomic E-state index is -0.327. The normalized spacial score (nSPS) is 11.5. The van der Waals surface area contributed by atoms with E-state index in [2.05, 4.69) is 10.3 Å². The SMILES string of the molecule is COc1ccc(N=c2oc3ccccc3cc2C(=O)NCc2ccco2)c(OC)c1. The van der Waals surface area contributed by atoms with Crippen LogP contribution in [0.3, 0.4) is 0 Å². The number of rotatable bonds is 6. The number of ether oxygens (including phenoxy) is 2. The molecule has 1 amide bonds. The first-order valence-electron chi connectivity index (χ1n) is 9.28. The Balaban J connectivity index is 1.80. The van der Waals surface area contributed by atoms with Crippen molar-refractivity contribution in [1.82, 2.24) is 5.32 Å². The maximum atomic E-state index is 12.9. The Kier molecular flexibility index (Phi) is 5.52. The third-order valence-electron chi connectivity index (χ3n) is 4.51. The minimum absolute atomic E-state index is 0.175. The molecular formula is C23H20N2O5. The number of hydrogen-bond acceptors (Lipinski definition) is 6. The Bertz CT molecular complexity index is 1240. The van der Waals surface area contributed by atoms with E-state index in [0.29, 0.717) is 34.1 Å². The van der Waals surface area contributed by atoms with Crippen LogP contribution < -0.4 is 20.3 Å². The first kappa shape index (κ1) is 19.3. The average molecular weight is 404 g/mol. The summed E-state index contributed by atoms with van der Waals surface area (Å²) in [5.74, 6) is 1.46. The molecule has 0 aliphatic carbocycles. The molecule has 4 aromatic rings. The Morgan fingerprint density at radius 3 is 2.67 bits per heavy atom. The Morgan fingerprint density at radius 1 is 1.03 bits per heavy atom. The number of carbonyl (C=O) groups is 1. The van der Waals surface area contributed by atoms with Gasteiger partial charge < -0.3 is 23.6 Å². The van der Waals surface area contributed by atoms with Gasteiger partial charge in [0.25, 0.3) is 5.91 Å². The largest absolute Gasteiger partial charge is 0.497 e. The molecular weight excluding hydrogens is 384 g/mol. The number of amides is 1. The van der Waals surface area contributed by atoms with Crippen molar-refractivity contribution in [2.45, 2.75) is 6.54 Å². The Morgan fingerprint density at radius 2 is 1.90 bits per heavy atom. The zero-order chi connectivity index (χ0) is 20.9. The van der Waals surface area contributed by atoms with E-state index in [9.17, 15) is 4.79 Å². The molecule has 30 heavy (non-hydrogen) atoms. The third-order valence-corrected chi connectivity index (χ3v) is 4.51. The number of benzene rings is 2. The van der Waals surface area contributed by atoms with Crippen molar-refractivity contribution < 1.29 is 23.1 Å². The van der Waals surface area contributed by atoms with Crippen molar-refractivity contribution >= 4 is 22.6 Å². The summed E-state index contributed by atoms with van der Waals surface area (Å²) in [5, 5.41) is 3.63. The summed E-state index contributed by atoms with van der Waals surface area (Å²) >= 11 is 0. The molecule has 0 radical (unpaired) electrons. The number of nitrogens with zero attached hydrogens (tertiary/aromatic N) is 1. The van der Waals surface area contributed by atoms with Crippen LogP contribution in [0.4, 0.5) is 5.69 Å². The molecule has 2 aromatic carbocycles. The molecule has 0 unspecified atom stereocenters. The lowest BCUT2D eigenvalue weighted by molar-refractivity contribution is 0.0944. The van der Waals surface area contributed by atoms with Crippen molar-refractivity contribution in [1.29, 1.82) is 0 Å². The molecule has 7 nitrogen and oxygen atoms in total. The van der Waals surface area contributed by atoms with Crippen LogP contribution in [0.2, 0.25) is 0 Å². The number of hydrogen-bond donors (Lipinski definition) is 1. The van der Waals surface area contributed by atoms with Gasteiger partial charge in [-0.2, -0.15) is 0 Å². The standard InChI is InChI=1S/C23H20N2O5/c1-27-16-9-10-19(21(13-16)28-2)25-23-18(12-15-6-3-4-8-20(15)30-23)22(26)24-14-17-7-5-11-29-17/h3-13H,14H2,1-2H3,(H,24,26). The summed E-state index contributed by atoms with van der Waals surface area (Å²) in [5.41, 5.74) is 1.61. The zero-order valence-electron chi connectivity index (χ0n) is 16.5. The highest BCUT2D eigenvalue weighted by Crippen LogP contribution is 2.31. The van der Waals surface area contributed by atoms with Crippen LogP contribution in [-0.4, -0.2) is 20.1 Å². The van der Waals surface area contributed by atoms with E-state index in [4.69, 9.17) is 18.3 Å². The van der Waals surface area contributed by atoms with E-state index in [1.807, 2.05) is 24.3 Å². The van der Waals surface area contributed by atoms with Gasteiger partial charge in [-0.05, 0) is 36.4 Å². The van der Waals surface area contributed by atoms with E-state index < -0.39 is 0 Å². The summed E-state index contributed by atoms with van der Waals surface area (Å²) in [4.78, 5) is 17.5. The van der Waals surface area contributed by atoms with Gasteiger partial charge in [0, 0.05) is 11.5 Å². The van der Waals surface area contributed by atoms with Gasteiger partial charge >= 0.3 is 0 Å². The zero-order valence-corrected chi connectivity index (χ0v) is 16.5. The lowest BCUT2D eigenvalue weighted by Gasteiger charge is -2.08. The second-order valence-corrected chi connectivity index (χ2v) is 6.41. The summed E-state index contributed by atoms with van der Waals surface area (Å²) in [6.07, 6.45) is 1.56. The fourth-order valence-electron chi connectivity index (χ4n) is 2.98. The number of para-hydroxylation sites is 1. The maximum absolute atomic E-state index is 12.9. The highest BCUT2D eigenvalue weighted by atomic mass is 16.5. The van der Waals surface area contributed by atoms with Crippen LogP contribution in [0.15, 0.2) is 80.8 Å². The number of carbonyl (C=O) groups excluding carboxylic acids is 1. The highest BCUT2D eigenvalue weighted by molar-refractivity contribution is 5.96. The first-order chi connectivity index (χ1) is 14.7. The minimum Gasteiger partial charge on any atom is -0.497 e. The van der Waals surface area contributed by atoms with E-state index >= 15 is 0 Å². The Labute approximate surface area is 172 Å². The second-order valence-electron chi connectivity index (χ2n) is 6.41. The van der Waals surface area contributed by atoms with Gasteiger partial charge in [0.2, 0.25) is 5.55 Å². The van der Waals surface area contributed by atoms with Crippen LogP contribution in [0.25, 0.3) is 11.0 Å². The van der Waals surface area contributed by atoms with Gasteiger partial charge in [-0.25, -0.2) is 4.99 Å². The fraction of sp³-hybridized carbons (Fsp3) is 0.130. The van der Waals surface area contributed by atoms with E-state index in [1.165, 1.54) is 0 Å². The van der Waals surface area contributed by atoms with Crippen molar-refractivity contribution in [3.8, 4) is 11.5 Å². The molecule has 0 saturated heterocycles. The first-order valence-corrected chi connectivity index (χ1v) is 9.28. The van der Waals surface area contributed by atoms with Gasteiger partial charge in [-0.15, -0.1) is 0 Å². The molecule has 2 aromatic heterocycles. The lowest BCUT2D eigenvalue weighted by atomic mass is 10.1. The molecule has 0 fully saturated rings. The molecule has 152 valence electrons. The van der Waals surface area contributed by atoms with Crippen molar-refractivity contribution in [2.75, 3.05) is 14.2 Å². The maximum Gasteiger partial charge on any atom is 0.257 e. The molecule has 7 heteroatoms. The van der Waals surface area contributed by atoms with Crippen LogP contribution in [0, 0.1) is 0 Å². The van der Waals surface area contributed by atoms with Gasteiger partial charge in [0.15, 0.2) is 0 Å². The number of fused-ring (bicyclic) bond motifs is 1. The van der Waals surface area contributed by atoms with Gasteiger partial charge in [-0.1, -0.05) is 18.2 Å². The number of nitrogens with one attached hydrogen (secondary N) is 1. The average Bonchev–Trinajstić information content (AvgIpc) is 3.31. The number of methoxy groups -OCH3 is 2. The Hall–Kier alpha value is -4.00.